The second-order valence-electron chi connectivity index (χ2n) is 9.69. The number of benzene rings is 3. The summed E-state index contributed by atoms with van der Waals surface area (Å²) in [5, 5.41) is 3.20. The fourth-order valence-corrected chi connectivity index (χ4v) is 7.69. The third kappa shape index (κ3) is 4.55. The van der Waals surface area contributed by atoms with E-state index < -0.39 is 0 Å². The molecule has 0 saturated heterocycles. The molecule has 0 N–H and O–H groups in total. The average molecular weight is 602 g/mol. The Bertz CT molecular complexity index is 1970. The Morgan fingerprint density at radius 2 is 1.85 bits per heavy atom. The van der Waals surface area contributed by atoms with E-state index in [0.29, 0.717) is 20.3 Å². The molecule has 3 heterocycles. The molecule has 0 fully saturated rings. The van der Waals surface area contributed by atoms with Crippen molar-refractivity contribution in [2.45, 2.75) is 25.5 Å². The van der Waals surface area contributed by atoms with E-state index in [1.807, 2.05) is 47.0 Å². The van der Waals surface area contributed by atoms with E-state index in [2.05, 4.69) is 35.7 Å². The van der Waals surface area contributed by atoms with Crippen LogP contribution in [0.2, 0.25) is 10.0 Å². The van der Waals surface area contributed by atoms with Crippen LogP contribution < -0.4 is 19.6 Å². The SMILES string of the molecule is O=c1c(=Cc2ccccc2OCc2ccc(Cl)cc2Cl)sc2n1[C@@H](c1cccs1)C1=C(N=2)c2ccccc2CC1. The van der Waals surface area contributed by atoms with Crippen LogP contribution in [0.1, 0.15) is 39.6 Å². The zero-order valence-corrected chi connectivity index (χ0v) is 24.3. The maximum absolute atomic E-state index is 14.0. The van der Waals surface area contributed by atoms with E-state index >= 15 is 0 Å². The summed E-state index contributed by atoms with van der Waals surface area (Å²) < 4.78 is 8.66. The summed E-state index contributed by atoms with van der Waals surface area (Å²) in [4.78, 5) is 21.0. The van der Waals surface area contributed by atoms with E-state index in [0.717, 1.165) is 39.3 Å². The molecule has 0 bridgehead atoms. The van der Waals surface area contributed by atoms with Crippen LogP contribution in [0.25, 0.3) is 11.8 Å². The fourth-order valence-electron chi connectivity index (χ4n) is 5.38. The summed E-state index contributed by atoms with van der Waals surface area (Å²) in [6.07, 6.45) is 3.73. The number of thiophene rings is 1. The molecule has 1 aliphatic carbocycles. The van der Waals surface area contributed by atoms with Gasteiger partial charge in [-0.1, -0.05) is 89.1 Å². The molecule has 1 atom stereocenters. The molecule has 0 unspecified atom stereocenters. The molecule has 3 aromatic carbocycles. The molecule has 1 aliphatic heterocycles. The van der Waals surface area contributed by atoms with Crippen molar-refractivity contribution in [2.75, 3.05) is 0 Å². The number of fused-ring (bicyclic) bond motifs is 3. The molecule has 0 spiro atoms. The number of ether oxygens (including phenoxy) is 1. The number of hydrogen-bond acceptors (Lipinski definition) is 5. The Balaban J connectivity index is 1.33. The average Bonchev–Trinajstić information content (AvgIpc) is 3.60. The molecule has 0 amide bonds. The summed E-state index contributed by atoms with van der Waals surface area (Å²) in [7, 11) is 0. The van der Waals surface area contributed by atoms with Gasteiger partial charge in [0, 0.05) is 31.6 Å². The molecule has 0 radical (unpaired) electrons. The van der Waals surface area contributed by atoms with Crippen molar-refractivity contribution in [1.82, 2.24) is 4.57 Å². The minimum absolute atomic E-state index is 0.0388. The molecular formula is C32H22Cl2N2O2S2. The second-order valence-corrected chi connectivity index (χ2v) is 12.5. The van der Waals surface area contributed by atoms with Gasteiger partial charge in [-0.3, -0.25) is 9.36 Å². The Hall–Kier alpha value is -3.42. The lowest BCUT2D eigenvalue weighted by molar-refractivity contribution is 0.305. The van der Waals surface area contributed by atoms with Gasteiger partial charge in [0.05, 0.1) is 16.3 Å². The van der Waals surface area contributed by atoms with Crippen LogP contribution in [0.3, 0.4) is 0 Å². The Morgan fingerprint density at radius 1 is 1.00 bits per heavy atom. The first-order chi connectivity index (χ1) is 19.6. The van der Waals surface area contributed by atoms with E-state index in [4.69, 9.17) is 32.9 Å². The van der Waals surface area contributed by atoms with Gasteiger partial charge >= 0.3 is 0 Å². The molecule has 8 heteroatoms. The molecule has 2 aromatic heterocycles. The van der Waals surface area contributed by atoms with Gasteiger partial charge in [0.1, 0.15) is 12.4 Å². The predicted molar refractivity (Wildman–Crippen MR) is 164 cm³/mol. The van der Waals surface area contributed by atoms with Crippen LogP contribution >= 0.6 is 45.9 Å². The van der Waals surface area contributed by atoms with E-state index in [9.17, 15) is 4.79 Å². The van der Waals surface area contributed by atoms with Crippen LogP contribution in [0, 0.1) is 0 Å². The number of thiazole rings is 1. The summed E-state index contributed by atoms with van der Waals surface area (Å²) in [6.45, 7) is 0.284. The third-order valence-electron chi connectivity index (χ3n) is 7.29. The van der Waals surface area contributed by atoms with Gasteiger partial charge < -0.3 is 4.74 Å². The van der Waals surface area contributed by atoms with Gasteiger partial charge in [0.25, 0.3) is 5.56 Å². The van der Waals surface area contributed by atoms with Gasteiger partial charge in [0.2, 0.25) is 0 Å². The molecule has 198 valence electrons. The summed E-state index contributed by atoms with van der Waals surface area (Å²) in [5.41, 5.74) is 6.31. The summed E-state index contributed by atoms with van der Waals surface area (Å²) in [5.74, 6) is 0.669. The van der Waals surface area contributed by atoms with Crippen molar-refractivity contribution in [3.05, 3.63) is 147 Å². The van der Waals surface area contributed by atoms with Crippen molar-refractivity contribution in [3.8, 4) is 5.75 Å². The first kappa shape index (κ1) is 25.5. The van der Waals surface area contributed by atoms with Crippen molar-refractivity contribution < 1.29 is 4.74 Å². The number of hydrogen-bond donors (Lipinski definition) is 0. The molecule has 40 heavy (non-hydrogen) atoms. The van der Waals surface area contributed by atoms with Gasteiger partial charge in [-0.05, 0) is 59.7 Å². The van der Waals surface area contributed by atoms with Gasteiger partial charge in [0.15, 0.2) is 4.80 Å². The van der Waals surface area contributed by atoms with Crippen LogP contribution in [-0.2, 0) is 13.0 Å². The number of allylic oxidation sites excluding steroid dienone is 1. The monoisotopic (exact) mass is 600 g/mol. The maximum atomic E-state index is 14.0. The Labute approximate surface area is 248 Å². The molecule has 7 rings (SSSR count). The number of halogens is 2. The standard InChI is InChI=1S/C32H22Cl2N2O2S2/c33-22-13-11-21(25(34)17-22)18-38-26-9-4-2-7-20(26)16-28-31(37)36-30(27-10-5-15-39-27)24-14-12-19-6-1-3-8-23(19)29(24)35-32(36)40-28/h1-11,13,15-17,30H,12,14,18H2/t30-/m1/s1. The largest absolute Gasteiger partial charge is 0.488 e. The van der Waals surface area contributed by atoms with Crippen molar-refractivity contribution in [2.24, 2.45) is 4.99 Å². The second kappa shape index (κ2) is 10.5. The van der Waals surface area contributed by atoms with Gasteiger partial charge in [-0.2, -0.15) is 0 Å². The number of nitrogens with zero attached hydrogens (tertiary/aromatic N) is 2. The quantitative estimate of drug-likeness (QED) is 0.213. The van der Waals surface area contributed by atoms with Crippen LogP contribution in [0.5, 0.6) is 5.75 Å². The van der Waals surface area contributed by atoms with E-state index in [-0.39, 0.29) is 18.2 Å². The molecular weight excluding hydrogens is 579 g/mol. The summed E-state index contributed by atoms with van der Waals surface area (Å²) >= 11 is 15.5. The zero-order valence-electron chi connectivity index (χ0n) is 21.1. The van der Waals surface area contributed by atoms with Gasteiger partial charge in [-0.25, -0.2) is 4.99 Å². The topological polar surface area (TPSA) is 43.6 Å². The highest BCUT2D eigenvalue weighted by Gasteiger charge is 2.33. The Morgan fingerprint density at radius 3 is 2.70 bits per heavy atom. The summed E-state index contributed by atoms with van der Waals surface area (Å²) in [6, 6.07) is 25.5. The van der Waals surface area contributed by atoms with E-state index in [1.54, 1.807) is 23.5 Å². The van der Waals surface area contributed by atoms with Crippen molar-refractivity contribution in [1.29, 1.82) is 0 Å². The van der Waals surface area contributed by atoms with Gasteiger partial charge in [-0.15, -0.1) is 11.3 Å². The van der Waals surface area contributed by atoms with Crippen LogP contribution in [-0.4, -0.2) is 4.57 Å². The number of rotatable bonds is 5. The highest BCUT2D eigenvalue weighted by molar-refractivity contribution is 7.10. The molecule has 5 aromatic rings. The number of para-hydroxylation sites is 1. The van der Waals surface area contributed by atoms with Crippen LogP contribution in [0.15, 0.2) is 99.6 Å². The third-order valence-corrected chi connectivity index (χ3v) is 9.78. The number of aromatic nitrogens is 1. The normalized spacial score (nSPS) is 16.2. The maximum Gasteiger partial charge on any atom is 0.271 e. The van der Waals surface area contributed by atoms with Crippen molar-refractivity contribution in [3.63, 3.8) is 0 Å². The van der Waals surface area contributed by atoms with Crippen molar-refractivity contribution >= 4 is 57.6 Å². The Kier molecular flexibility index (Phi) is 6.72. The highest BCUT2D eigenvalue weighted by atomic mass is 35.5. The first-order valence-electron chi connectivity index (χ1n) is 12.9. The zero-order chi connectivity index (χ0) is 27.2. The fraction of sp³-hybridized carbons (Fsp3) is 0.125. The molecule has 4 nitrogen and oxygen atoms in total. The first-order valence-corrected chi connectivity index (χ1v) is 15.3. The lowest BCUT2D eigenvalue weighted by Crippen LogP contribution is -2.38. The highest BCUT2D eigenvalue weighted by Crippen LogP contribution is 2.42. The van der Waals surface area contributed by atoms with Crippen LogP contribution in [0.4, 0.5) is 0 Å². The predicted octanol–water partition coefficient (Wildman–Crippen LogP) is 7.27. The molecule has 0 saturated carbocycles. The smallest absolute Gasteiger partial charge is 0.271 e. The lowest BCUT2D eigenvalue weighted by atomic mass is 9.85. The minimum Gasteiger partial charge on any atom is -0.488 e. The molecule has 2 aliphatic rings. The number of aryl methyl sites for hydroxylation is 1. The minimum atomic E-state index is -0.153. The lowest BCUT2D eigenvalue weighted by Gasteiger charge is -2.30. The van der Waals surface area contributed by atoms with E-state index in [1.165, 1.54) is 28.0 Å².